The van der Waals surface area contributed by atoms with Gasteiger partial charge in [-0.3, -0.25) is 4.79 Å². The first kappa shape index (κ1) is 19.5. The molecule has 0 aromatic carbocycles. The lowest BCUT2D eigenvalue weighted by atomic mass is 9.45. The second-order valence-electron chi connectivity index (χ2n) is 10.3. The summed E-state index contributed by atoms with van der Waals surface area (Å²) in [5, 5.41) is 10.2. The first-order valence-electron chi connectivity index (χ1n) is 10.4. The van der Waals surface area contributed by atoms with Crippen LogP contribution in [0.3, 0.4) is 0 Å². The van der Waals surface area contributed by atoms with Crippen LogP contribution in [-0.4, -0.2) is 22.7 Å². The second-order valence-corrected chi connectivity index (χ2v) is 10.3. The number of fused-ring (bicyclic) bond motifs is 5. The lowest BCUT2D eigenvalue weighted by Crippen LogP contribution is -2.56. The Balaban J connectivity index is 1.64. The van der Waals surface area contributed by atoms with Gasteiger partial charge in [0.15, 0.2) is 5.60 Å². The van der Waals surface area contributed by atoms with E-state index < -0.39 is 11.8 Å². The molecule has 0 aromatic rings. The van der Waals surface area contributed by atoms with Gasteiger partial charge in [0, 0.05) is 5.92 Å². The fourth-order valence-corrected chi connectivity index (χ4v) is 7.69. The molecule has 152 valence electrons. The highest BCUT2D eigenvalue weighted by atomic mass is 19.4. The van der Waals surface area contributed by atoms with E-state index in [1.54, 1.807) is 13.0 Å². The zero-order valence-corrected chi connectivity index (χ0v) is 16.5. The molecule has 2 nitrogen and oxygen atoms in total. The molecule has 0 heterocycles. The Morgan fingerprint density at radius 2 is 1.74 bits per heavy atom. The van der Waals surface area contributed by atoms with Crippen LogP contribution in [0.25, 0.3) is 0 Å². The number of carbonyl (C=O) groups excluding carboxylic acids is 1. The molecule has 3 fully saturated rings. The Morgan fingerprint density at radius 1 is 1.04 bits per heavy atom. The minimum atomic E-state index is -4.62. The van der Waals surface area contributed by atoms with Crippen LogP contribution in [0.4, 0.5) is 13.2 Å². The Kier molecular flexibility index (Phi) is 4.21. The summed E-state index contributed by atoms with van der Waals surface area (Å²) in [4.78, 5) is 12.2. The Hall–Kier alpha value is -0.840. The summed E-state index contributed by atoms with van der Waals surface area (Å²) < 4.78 is 40.1. The van der Waals surface area contributed by atoms with Gasteiger partial charge in [-0.1, -0.05) is 19.9 Å². The van der Waals surface area contributed by atoms with Crippen molar-refractivity contribution in [3.05, 3.63) is 12.2 Å². The first-order chi connectivity index (χ1) is 12.4. The van der Waals surface area contributed by atoms with E-state index in [2.05, 4.69) is 13.8 Å². The molecule has 0 radical (unpaired) electrons. The van der Waals surface area contributed by atoms with Crippen molar-refractivity contribution < 1.29 is 23.1 Å². The quantitative estimate of drug-likeness (QED) is 0.623. The average Bonchev–Trinajstić information content (AvgIpc) is 2.92. The molecule has 0 aromatic heterocycles. The molecule has 4 aliphatic rings. The van der Waals surface area contributed by atoms with Gasteiger partial charge in [-0.05, 0) is 92.4 Å². The number of ketones is 1. The number of hydrogen-bond acceptors (Lipinski definition) is 2. The number of halogens is 3. The molecule has 0 aliphatic heterocycles. The van der Waals surface area contributed by atoms with Crippen LogP contribution in [0.2, 0.25) is 0 Å². The van der Waals surface area contributed by atoms with E-state index in [1.165, 1.54) is 0 Å². The van der Waals surface area contributed by atoms with Gasteiger partial charge in [-0.25, -0.2) is 0 Å². The molecule has 5 heteroatoms. The molecular formula is C22H31F3O2. The Bertz CT molecular complexity index is 671. The molecule has 0 bridgehead atoms. The number of allylic oxidation sites excluding steroid dienone is 1. The maximum Gasteiger partial charge on any atom is 0.420 e. The van der Waals surface area contributed by atoms with E-state index in [1.807, 2.05) is 0 Å². The monoisotopic (exact) mass is 384 g/mol. The van der Waals surface area contributed by atoms with Gasteiger partial charge in [0.05, 0.1) is 0 Å². The fraction of sp³-hybridized carbons (Fsp3) is 0.864. The number of hydrogen-bond donors (Lipinski definition) is 1. The normalized spacial score (nSPS) is 52.0. The van der Waals surface area contributed by atoms with Gasteiger partial charge in [-0.2, -0.15) is 13.2 Å². The number of rotatable bonds is 1. The van der Waals surface area contributed by atoms with Crippen LogP contribution in [0.15, 0.2) is 12.2 Å². The van der Waals surface area contributed by atoms with Crippen LogP contribution in [0, 0.1) is 40.4 Å². The second kappa shape index (κ2) is 5.84. The molecule has 4 rings (SSSR count). The average molecular weight is 384 g/mol. The largest absolute Gasteiger partial charge is 0.420 e. The van der Waals surface area contributed by atoms with Gasteiger partial charge in [0.1, 0.15) is 5.78 Å². The lowest BCUT2D eigenvalue weighted by molar-refractivity contribution is -0.254. The van der Waals surface area contributed by atoms with Crippen molar-refractivity contribution in [1.29, 1.82) is 0 Å². The molecule has 0 saturated heterocycles. The van der Waals surface area contributed by atoms with E-state index in [9.17, 15) is 23.1 Å². The molecule has 2 unspecified atom stereocenters. The van der Waals surface area contributed by atoms with E-state index >= 15 is 0 Å². The smallest absolute Gasteiger partial charge is 0.377 e. The molecule has 1 N–H and O–H groups in total. The van der Waals surface area contributed by atoms with Crippen molar-refractivity contribution in [1.82, 2.24) is 0 Å². The van der Waals surface area contributed by atoms with E-state index in [4.69, 9.17) is 0 Å². The van der Waals surface area contributed by atoms with Crippen molar-refractivity contribution in [3.8, 4) is 0 Å². The minimum absolute atomic E-state index is 0.0568. The molecular weight excluding hydrogens is 353 g/mol. The molecule has 27 heavy (non-hydrogen) atoms. The van der Waals surface area contributed by atoms with Crippen molar-refractivity contribution in [2.24, 2.45) is 40.4 Å². The third-order valence-corrected chi connectivity index (χ3v) is 9.22. The third-order valence-electron chi connectivity index (χ3n) is 9.22. The van der Waals surface area contributed by atoms with Crippen LogP contribution in [0.1, 0.15) is 65.7 Å². The summed E-state index contributed by atoms with van der Waals surface area (Å²) in [5.41, 5.74) is -2.91. The van der Waals surface area contributed by atoms with Gasteiger partial charge >= 0.3 is 6.18 Å². The summed E-state index contributed by atoms with van der Waals surface area (Å²) >= 11 is 0. The summed E-state index contributed by atoms with van der Waals surface area (Å²) in [6, 6.07) is 0. The van der Waals surface area contributed by atoms with E-state index in [-0.39, 0.29) is 29.1 Å². The SMILES string of the molecule is CC(=O)[C@H]1CC[C@H]2[C@@H]3CCC4CC(O)(C(F)(F)F)C=C[C@]4(C)[C@H]3CC[C@]12C. The van der Waals surface area contributed by atoms with Crippen molar-refractivity contribution in [2.45, 2.75) is 77.5 Å². The van der Waals surface area contributed by atoms with Crippen molar-refractivity contribution >= 4 is 5.78 Å². The highest BCUT2D eigenvalue weighted by molar-refractivity contribution is 5.79. The third kappa shape index (κ3) is 2.59. The fourth-order valence-electron chi connectivity index (χ4n) is 7.69. The van der Waals surface area contributed by atoms with Crippen LogP contribution < -0.4 is 0 Å². The predicted molar refractivity (Wildman–Crippen MR) is 96.8 cm³/mol. The molecule has 4 aliphatic carbocycles. The van der Waals surface area contributed by atoms with E-state index in [0.29, 0.717) is 23.5 Å². The molecule has 8 atom stereocenters. The predicted octanol–water partition coefficient (Wildman–Crippen LogP) is 5.30. The summed E-state index contributed by atoms with van der Waals surface area (Å²) in [6.07, 6.45) is 3.56. The van der Waals surface area contributed by atoms with E-state index in [0.717, 1.165) is 44.6 Å². The molecule has 0 spiro atoms. The van der Waals surface area contributed by atoms with Crippen LogP contribution in [0.5, 0.6) is 0 Å². The lowest BCUT2D eigenvalue weighted by Gasteiger charge is -2.60. The number of carbonyl (C=O) groups is 1. The summed E-state index contributed by atoms with van der Waals surface area (Å²) in [5.74, 6) is 1.65. The highest BCUT2D eigenvalue weighted by Crippen LogP contribution is 2.67. The molecule has 3 saturated carbocycles. The van der Waals surface area contributed by atoms with Gasteiger partial charge in [0.25, 0.3) is 0 Å². The van der Waals surface area contributed by atoms with Crippen molar-refractivity contribution in [3.63, 3.8) is 0 Å². The topological polar surface area (TPSA) is 37.3 Å². The zero-order valence-electron chi connectivity index (χ0n) is 16.5. The standard InChI is InChI=1S/C22H31F3O2/c1-13(26)16-6-7-17-15-5-4-14-12-21(27,22(23,24)25)11-10-19(14,2)18(15)8-9-20(16,17)3/h10-11,14-18,27H,4-9,12H2,1-3H3/t14?,15-,16+,17-,18-,19-,20+,21?/m0/s1. The van der Waals surface area contributed by atoms with Crippen LogP contribution in [-0.2, 0) is 4.79 Å². The summed E-state index contributed by atoms with van der Waals surface area (Å²) in [6.45, 7) is 6.10. The minimum Gasteiger partial charge on any atom is -0.377 e. The van der Waals surface area contributed by atoms with Crippen LogP contribution >= 0.6 is 0 Å². The van der Waals surface area contributed by atoms with Gasteiger partial charge in [-0.15, -0.1) is 0 Å². The number of Topliss-reactive ketones (excluding diaryl/α,β-unsaturated/α-hetero) is 1. The zero-order chi connectivity index (χ0) is 19.8. The van der Waals surface area contributed by atoms with Gasteiger partial charge in [0.2, 0.25) is 0 Å². The number of aliphatic hydroxyl groups is 1. The first-order valence-corrected chi connectivity index (χ1v) is 10.4. The maximum atomic E-state index is 13.4. The summed E-state index contributed by atoms with van der Waals surface area (Å²) in [7, 11) is 0. The highest BCUT2D eigenvalue weighted by Gasteiger charge is 2.63. The maximum absolute atomic E-state index is 13.4. The Labute approximate surface area is 159 Å². The molecule has 0 amide bonds. The Morgan fingerprint density at radius 3 is 2.37 bits per heavy atom. The number of alkyl halides is 3. The van der Waals surface area contributed by atoms with Gasteiger partial charge < -0.3 is 5.11 Å². The van der Waals surface area contributed by atoms with Crippen molar-refractivity contribution in [2.75, 3.05) is 0 Å².